The van der Waals surface area contributed by atoms with Crippen molar-refractivity contribution in [2.24, 2.45) is 5.92 Å². The van der Waals surface area contributed by atoms with Gasteiger partial charge in [-0.1, -0.05) is 6.92 Å². The van der Waals surface area contributed by atoms with Crippen LogP contribution in [0.15, 0.2) is 0 Å². The lowest BCUT2D eigenvalue weighted by Crippen LogP contribution is -2.57. The van der Waals surface area contributed by atoms with Crippen LogP contribution in [0.4, 0.5) is 0 Å². The fourth-order valence-corrected chi connectivity index (χ4v) is 5.43. The molecular formula is C10H15NO4S2. The Kier molecular flexibility index (Phi) is 3.61. The van der Waals surface area contributed by atoms with Gasteiger partial charge < -0.3 is 15.1 Å². The Morgan fingerprint density at radius 3 is 2.94 bits per heavy atom. The molecule has 0 aliphatic carbocycles. The highest BCUT2D eigenvalue weighted by Gasteiger charge is 2.61. The summed E-state index contributed by atoms with van der Waals surface area (Å²) in [7, 11) is 0. The zero-order valence-electron chi connectivity index (χ0n) is 9.46. The highest BCUT2D eigenvalue weighted by atomic mass is 32.2. The van der Waals surface area contributed by atoms with E-state index in [1.165, 1.54) is 23.5 Å². The van der Waals surface area contributed by atoms with Gasteiger partial charge in [-0.25, -0.2) is 4.79 Å². The number of thioether (sulfide) groups is 2. The molecule has 96 valence electrons. The lowest BCUT2D eigenvalue weighted by molar-refractivity contribution is -0.150. The molecule has 0 aromatic heterocycles. The van der Waals surface area contributed by atoms with Crippen LogP contribution in [0.1, 0.15) is 13.3 Å². The van der Waals surface area contributed by atoms with Crippen molar-refractivity contribution in [1.82, 2.24) is 4.90 Å². The number of carbonyl (C=O) groups excluding carboxylic acids is 1. The first-order valence-corrected chi connectivity index (χ1v) is 7.38. The molecular weight excluding hydrogens is 262 g/mol. The summed E-state index contributed by atoms with van der Waals surface area (Å²) in [6, 6.07) is 0. The molecule has 0 unspecified atom stereocenters. The minimum absolute atomic E-state index is 0.0172. The van der Waals surface area contributed by atoms with E-state index >= 15 is 0 Å². The molecule has 0 bridgehead atoms. The molecule has 0 aromatic rings. The third-order valence-electron chi connectivity index (χ3n) is 3.08. The molecule has 5 nitrogen and oxygen atoms in total. The summed E-state index contributed by atoms with van der Waals surface area (Å²) in [4.78, 5) is 24.7. The van der Waals surface area contributed by atoms with E-state index in [4.69, 9.17) is 5.11 Å². The molecule has 7 heteroatoms. The van der Waals surface area contributed by atoms with Gasteiger partial charge in [0.15, 0.2) is 4.08 Å². The number of aliphatic hydroxyl groups is 1. The monoisotopic (exact) mass is 277 g/mol. The first kappa shape index (κ1) is 13.0. The Labute approximate surface area is 108 Å². The minimum Gasteiger partial charge on any atom is -0.480 e. The number of hydrogen-bond donors (Lipinski definition) is 2. The molecule has 2 aliphatic rings. The Bertz CT molecular complexity index is 351. The maximum atomic E-state index is 11.7. The number of aliphatic carboxylic acids is 1. The third kappa shape index (κ3) is 1.94. The lowest BCUT2D eigenvalue weighted by Gasteiger charge is -2.41. The summed E-state index contributed by atoms with van der Waals surface area (Å²) in [6.07, 6.45) is 0.430. The summed E-state index contributed by atoms with van der Waals surface area (Å²) in [6.45, 7) is 2.16. The molecule has 3 atom stereocenters. The van der Waals surface area contributed by atoms with Gasteiger partial charge in [0.1, 0.15) is 0 Å². The molecule has 0 aromatic carbocycles. The molecule has 2 saturated heterocycles. The van der Waals surface area contributed by atoms with E-state index in [-0.39, 0.29) is 30.4 Å². The predicted molar refractivity (Wildman–Crippen MR) is 66.8 cm³/mol. The molecule has 0 radical (unpaired) electrons. The van der Waals surface area contributed by atoms with E-state index in [2.05, 4.69) is 0 Å². The van der Waals surface area contributed by atoms with Crippen molar-refractivity contribution in [3.63, 3.8) is 0 Å². The van der Waals surface area contributed by atoms with Crippen molar-refractivity contribution in [3.05, 3.63) is 0 Å². The van der Waals surface area contributed by atoms with Crippen LogP contribution in [0.25, 0.3) is 0 Å². The molecule has 2 N–H and O–H groups in total. The van der Waals surface area contributed by atoms with Crippen LogP contribution >= 0.6 is 23.5 Å². The van der Waals surface area contributed by atoms with E-state index in [1.54, 1.807) is 4.90 Å². The highest BCUT2D eigenvalue weighted by molar-refractivity contribution is 8.19. The van der Waals surface area contributed by atoms with Gasteiger partial charge in [-0.2, -0.15) is 0 Å². The van der Waals surface area contributed by atoms with Crippen LogP contribution in [0.2, 0.25) is 0 Å². The van der Waals surface area contributed by atoms with Crippen LogP contribution < -0.4 is 0 Å². The molecule has 1 amide bonds. The second-order valence-corrected chi connectivity index (χ2v) is 7.32. The number of fused-ring (bicyclic) bond motifs is 1. The molecule has 0 saturated carbocycles. The van der Waals surface area contributed by atoms with Crippen LogP contribution in [0.5, 0.6) is 0 Å². The van der Waals surface area contributed by atoms with Crippen molar-refractivity contribution in [2.75, 3.05) is 18.9 Å². The number of aliphatic hydroxyl groups excluding tert-OH is 1. The molecule has 0 spiro atoms. The van der Waals surface area contributed by atoms with Crippen LogP contribution in [-0.2, 0) is 9.59 Å². The summed E-state index contributed by atoms with van der Waals surface area (Å²) < 4.78 is -0.917. The Morgan fingerprint density at radius 2 is 2.41 bits per heavy atom. The van der Waals surface area contributed by atoms with Crippen LogP contribution in [-0.4, -0.2) is 55.3 Å². The Morgan fingerprint density at radius 1 is 1.71 bits per heavy atom. The lowest BCUT2D eigenvalue weighted by atomic mass is 9.95. The molecule has 17 heavy (non-hydrogen) atoms. The van der Waals surface area contributed by atoms with Crippen molar-refractivity contribution < 1.29 is 19.8 Å². The maximum absolute atomic E-state index is 11.7. The van der Waals surface area contributed by atoms with Gasteiger partial charge in [-0.3, -0.25) is 4.79 Å². The SMILES string of the molecule is CCS[C@]1(C(=O)O)CN2C(=O)[C@@H](CCO)[C@H]2S1. The average Bonchev–Trinajstić information content (AvgIpc) is 2.64. The van der Waals surface area contributed by atoms with Gasteiger partial charge in [-0.05, 0) is 12.2 Å². The summed E-state index contributed by atoms with van der Waals surface area (Å²) in [5.74, 6) is -0.377. The first-order chi connectivity index (χ1) is 8.05. The number of carboxylic acids is 1. The smallest absolute Gasteiger partial charge is 0.332 e. The van der Waals surface area contributed by atoms with Crippen LogP contribution in [0, 0.1) is 5.92 Å². The zero-order chi connectivity index (χ0) is 12.6. The van der Waals surface area contributed by atoms with Crippen molar-refractivity contribution >= 4 is 35.4 Å². The fourth-order valence-electron chi connectivity index (χ4n) is 2.26. The van der Waals surface area contributed by atoms with E-state index in [0.717, 1.165) is 0 Å². The van der Waals surface area contributed by atoms with Gasteiger partial charge in [-0.15, -0.1) is 23.5 Å². The van der Waals surface area contributed by atoms with E-state index in [0.29, 0.717) is 12.2 Å². The summed E-state index contributed by atoms with van der Waals surface area (Å²) in [5.41, 5.74) is 0. The normalized spacial score (nSPS) is 35.6. The van der Waals surface area contributed by atoms with Gasteiger partial charge >= 0.3 is 5.97 Å². The number of amides is 1. The standard InChI is InChI=1S/C10H15NO4S2/c1-2-16-10(9(14)15)5-11-7(13)6(3-4-12)8(11)17-10/h6,8,12H,2-5H2,1H3,(H,14,15)/t6-,8-,10-/m1/s1. The molecule has 2 heterocycles. The van der Waals surface area contributed by atoms with Gasteiger partial charge in [0.2, 0.25) is 5.91 Å². The average molecular weight is 277 g/mol. The van der Waals surface area contributed by atoms with E-state index in [1.807, 2.05) is 6.92 Å². The number of nitrogens with zero attached hydrogens (tertiary/aromatic N) is 1. The Hall–Kier alpha value is -0.400. The largest absolute Gasteiger partial charge is 0.480 e. The van der Waals surface area contributed by atoms with Gasteiger partial charge in [0.05, 0.1) is 17.8 Å². The number of carboxylic acid groups (broad SMARTS) is 1. The Balaban J connectivity index is 2.12. The number of hydrogen-bond acceptors (Lipinski definition) is 5. The summed E-state index contributed by atoms with van der Waals surface area (Å²) in [5, 5.41) is 18.1. The van der Waals surface area contributed by atoms with Crippen molar-refractivity contribution in [1.29, 1.82) is 0 Å². The maximum Gasteiger partial charge on any atom is 0.332 e. The van der Waals surface area contributed by atoms with Gasteiger partial charge in [0.25, 0.3) is 0 Å². The van der Waals surface area contributed by atoms with E-state index in [9.17, 15) is 14.7 Å². The van der Waals surface area contributed by atoms with Crippen molar-refractivity contribution in [3.8, 4) is 0 Å². The number of rotatable bonds is 5. The number of β-lactam (4-membered cyclic amide) rings is 1. The second-order valence-electron chi connectivity index (χ2n) is 4.08. The quantitative estimate of drug-likeness (QED) is 0.710. The van der Waals surface area contributed by atoms with Crippen molar-refractivity contribution in [2.45, 2.75) is 22.8 Å². The van der Waals surface area contributed by atoms with Gasteiger partial charge in [0, 0.05) is 6.61 Å². The number of carbonyl (C=O) groups is 2. The second kappa shape index (κ2) is 4.70. The molecule has 2 aliphatic heterocycles. The highest BCUT2D eigenvalue weighted by Crippen LogP contribution is 2.55. The zero-order valence-corrected chi connectivity index (χ0v) is 11.1. The summed E-state index contributed by atoms with van der Waals surface area (Å²) >= 11 is 2.72. The first-order valence-electron chi connectivity index (χ1n) is 5.52. The van der Waals surface area contributed by atoms with Crippen LogP contribution in [0.3, 0.4) is 0 Å². The predicted octanol–water partition coefficient (Wildman–Crippen LogP) is 0.434. The topological polar surface area (TPSA) is 77.8 Å². The third-order valence-corrected chi connectivity index (χ3v) is 6.29. The minimum atomic E-state index is -0.917. The molecule has 2 rings (SSSR count). The molecule has 2 fully saturated rings. The van der Waals surface area contributed by atoms with E-state index < -0.39 is 10.0 Å². The fraction of sp³-hybridized carbons (Fsp3) is 0.800.